The van der Waals surface area contributed by atoms with Gasteiger partial charge in [0.05, 0.1) is 0 Å². The van der Waals surface area contributed by atoms with E-state index in [2.05, 4.69) is 65.0 Å². The monoisotopic (exact) mass is 200 g/mol. The Balaban J connectivity index is 3.38. The molecular weight excluding hydrogens is 180 g/mol. The minimum atomic E-state index is 1.34. The second-order valence-corrected chi connectivity index (χ2v) is 3.94. The molecule has 80 valence electrons. The van der Waals surface area contributed by atoms with Crippen LogP contribution in [0, 0.1) is 13.8 Å². The van der Waals surface area contributed by atoms with Crippen LogP contribution in [-0.4, -0.2) is 0 Å². The highest BCUT2D eigenvalue weighted by molar-refractivity contribution is 5.81. The van der Waals surface area contributed by atoms with E-state index >= 15 is 0 Å². The van der Waals surface area contributed by atoms with Gasteiger partial charge in [0.15, 0.2) is 0 Å². The Kier molecular flexibility index (Phi) is 3.90. The van der Waals surface area contributed by atoms with Crippen molar-refractivity contribution in [3.8, 4) is 0 Å². The fourth-order valence-electron chi connectivity index (χ4n) is 1.96. The van der Waals surface area contributed by atoms with Crippen molar-refractivity contribution in [2.75, 3.05) is 0 Å². The summed E-state index contributed by atoms with van der Waals surface area (Å²) >= 11 is 0. The molecule has 0 spiro atoms. The molecule has 0 fully saturated rings. The molecule has 0 unspecified atom stereocenters. The topological polar surface area (TPSA) is 0 Å². The molecule has 0 aliphatic rings. The summed E-state index contributed by atoms with van der Waals surface area (Å²) in [6.07, 6.45) is 4.37. The predicted octanol–water partition coefficient (Wildman–Crippen LogP) is 4.67. The smallest absolute Gasteiger partial charge is 0.0126 e. The van der Waals surface area contributed by atoms with Gasteiger partial charge in [0.25, 0.3) is 0 Å². The third-order valence-electron chi connectivity index (χ3n) is 2.90. The molecule has 1 aromatic carbocycles. The summed E-state index contributed by atoms with van der Waals surface area (Å²) in [6, 6.07) is 6.47. The zero-order chi connectivity index (χ0) is 11.4. The average Bonchev–Trinajstić information content (AvgIpc) is 2.22. The number of hydrogen-bond acceptors (Lipinski definition) is 0. The normalized spacial score (nSPS) is 13.1. The number of rotatable bonds is 2. The van der Waals surface area contributed by atoms with Gasteiger partial charge in [-0.05, 0) is 62.5 Å². The van der Waals surface area contributed by atoms with Crippen molar-refractivity contribution < 1.29 is 0 Å². The lowest BCUT2D eigenvalue weighted by Gasteiger charge is -2.14. The molecule has 0 saturated heterocycles. The van der Waals surface area contributed by atoms with Crippen LogP contribution < -0.4 is 0 Å². The minimum Gasteiger partial charge on any atom is -0.0841 e. The van der Waals surface area contributed by atoms with Crippen LogP contribution in [0.1, 0.15) is 37.5 Å². The van der Waals surface area contributed by atoms with Crippen molar-refractivity contribution >= 4 is 5.57 Å². The van der Waals surface area contributed by atoms with Gasteiger partial charge in [-0.15, -0.1) is 0 Å². The maximum atomic E-state index is 2.20. The maximum absolute atomic E-state index is 2.20. The molecule has 0 aliphatic carbocycles. The summed E-state index contributed by atoms with van der Waals surface area (Å²) in [4.78, 5) is 0. The van der Waals surface area contributed by atoms with E-state index < -0.39 is 0 Å². The lowest BCUT2D eigenvalue weighted by molar-refractivity contribution is 1.31. The Hall–Kier alpha value is -1.30. The third kappa shape index (κ3) is 2.38. The largest absolute Gasteiger partial charge is 0.0841 e. The Labute approximate surface area is 93.3 Å². The highest BCUT2D eigenvalue weighted by atomic mass is 14.1. The van der Waals surface area contributed by atoms with Gasteiger partial charge in [0.1, 0.15) is 0 Å². The van der Waals surface area contributed by atoms with Crippen molar-refractivity contribution in [1.82, 2.24) is 0 Å². The molecule has 0 aromatic heterocycles. The van der Waals surface area contributed by atoms with E-state index in [1.165, 1.54) is 27.8 Å². The first kappa shape index (κ1) is 11.8. The Bertz CT molecular complexity index is 386. The zero-order valence-electron chi connectivity index (χ0n) is 10.4. The van der Waals surface area contributed by atoms with Crippen LogP contribution in [0.15, 0.2) is 35.9 Å². The molecule has 0 nitrogen and oxygen atoms in total. The number of benzene rings is 1. The van der Waals surface area contributed by atoms with E-state index in [9.17, 15) is 0 Å². The Morgan fingerprint density at radius 2 is 1.53 bits per heavy atom. The van der Waals surface area contributed by atoms with Crippen molar-refractivity contribution in [2.24, 2.45) is 0 Å². The van der Waals surface area contributed by atoms with Crippen molar-refractivity contribution in [3.63, 3.8) is 0 Å². The van der Waals surface area contributed by atoms with Gasteiger partial charge in [-0.1, -0.05) is 30.4 Å². The molecule has 0 atom stereocenters. The second kappa shape index (κ2) is 4.97. The SMILES string of the molecule is C/C=C(C)\C(=C/C)c1c(C)cccc1C. The number of hydrogen-bond donors (Lipinski definition) is 0. The summed E-state index contributed by atoms with van der Waals surface area (Å²) in [7, 11) is 0. The molecule has 0 heteroatoms. The van der Waals surface area contributed by atoms with Crippen LogP contribution in [0.4, 0.5) is 0 Å². The fraction of sp³-hybridized carbons (Fsp3) is 0.333. The van der Waals surface area contributed by atoms with Crippen LogP contribution in [0.5, 0.6) is 0 Å². The molecule has 0 radical (unpaired) electrons. The lowest BCUT2D eigenvalue weighted by Crippen LogP contribution is -1.94. The Morgan fingerprint density at radius 1 is 1.00 bits per heavy atom. The van der Waals surface area contributed by atoms with E-state index in [1.807, 2.05) is 0 Å². The average molecular weight is 200 g/mol. The van der Waals surface area contributed by atoms with Crippen molar-refractivity contribution in [2.45, 2.75) is 34.6 Å². The minimum absolute atomic E-state index is 1.34. The van der Waals surface area contributed by atoms with Crippen molar-refractivity contribution in [3.05, 3.63) is 52.6 Å². The van der Waals surface area contributed by atoms with E-state index in [0.717, 1.165) is 0 Å². The van der Waals surface area contributed by atoms with Gasteiger partial charge in [-0.2, -0.15) is 0 Å². The fourth-order valence-corrected chi connectivity index (χ4v) is 1.96. The second-order valence-electron chi connectivity index (χ2n) is 3.94. The van der Waals surface area contributed by atoms with E-state index in [4.69, 9.17) is 0 Å². The van der Waals surface area contributed by atoms with Crippen LogP contribution in [0.3, 0.4) is 0 Å². The molecule has 0 bridgehead atoms. The summed E-state index contributed by atoms with van der Waals surface area (Å²) in [6.45, 7) is 10.7. The van der Waals surface area contributed by atoms with Crippen LogP contribution >= 0.6 is 0 Å². The molecule has 1 aromatic rings. The van der Waals surface area contributed by atoms with Gasteiger partial charge in [0.2, 0.25) is 0 Å². The molecule has 0 aliphatic heterocycles. The van der Waals surface area contributed by atoms with Crippen LogP contribution in [0.25, 0.3) is 5.57 Å². The third-order valence-corrected chi connectivity index (χ3v) is 2.90. The van der Waals surface area contributed by atoms with Gasteiger partial charge in [-0.25, -0.2) is 0 Å². The van der Waals surface area contributed by atoms with E-state index in [1.54, 1.807) is 0 Å². The first-order valence-corrected chi connectivity index (χ1v) is 5.48. The lowest BCUT2D eigenvalue weighted by atomic mass is 9.91. The van der Waals surface area contributed by atoms with Gasteiger partial charge in [0, 0.05) is 0 Å². The van der Waals surface area contributed by atoms with Gasteiger partial charge < -0.3 is 0 Å². The Morgan fingerprint density at radius 3 is 1.93 bits per heavy atom. The molecule has 15 heavy (non-hydrogen) atoms. The van der Waals surface area contributed by atoms with Crippen LogP contribution in [0.2, 0.25) is 0 Å². The zero-order valence-corrected chi connectivity index (χ0v) is 10.4. The first-order valence-electron chi connectivity index (χ1n) is 5.48. The summed E-state index contributed by atoms with van der Waals surface area (Å²) in [5.41, 5.74) is 6.78. The molecular formula is C15H20. The first-order chi connectivity index (χ1) is 7.11. The molecule has 0 saturated carbocycles. The highest BCUT2D eigenvalue weighted by Gasteiger charge is 2.08. The molecule has 1 rings (SSSR count). The quantitative estimate of drug-likeness (QED) is 0.608. The molecule has 0 N–H and O–H groups in total. The van der Waals surface area contributed by atoms with Crippen molar-refractivity contribution in [1.29, 1.82) is 0 Å². The number of aryl methyl sites for hydroxylation is 2. The van der Waals surface area contributed by atoms with Gasteiger partial charge in [-0.3, -0.25) is 0 Å². The molecule has 0 amide bonds. The van der Waals surface area contributed by atoms with E-state index in [0.29, 0.717) is 0 Å². The predicted molar refractivity (Wildman–Crippen MR) is 69.0 cm³/mol. The summed E-state index contributed by atoms with van der Waals surface area (Å²) < 4.78 is 0. The van der Waals surface area contributed by atoms with Crippen LogP contribution in [-0.2, 0) is 0 Å². The number of allylic oxidation sites excluding steroid dienone is 4. The maximum Gasteiger partial charge on any atom is -0.0126 e. The summed E-state index contributed by atoms with van der Waals surface area (Å²) in [5.74, 6) is 0. The molecule has 0 heterocycles. The highest BCUT2D eigenvalue weighted by Crippen LogP contribution is 2.28. The van der Waals surface area contributed by atoms with E-state index in [-0.39, 0.29) is 0 Å². The summed E-state index contributed by atoms with van der Waals surface area (Å²) in [5, 5.41) is 0. The van der Waals surface area contributed by atoms with Gasteiger partial charge >= 0.3 is 0 Å². The standard InChI is InChI=1S/C15H20/c1-6-11(3)14(7-2)15-12(4)9-8-10-13(15)5/h6-10H,1-5H3/b11-6-,14-7+.